The van der Waals surface area contributed by atoms with E-state index in [0.717, 1.165) is 44.2 Å². The topological polar surface area (TPSA) is 93.9 Å². The maximum atomic E-state index is 12.4. The molecule has 40 heavy (non-hydrogen) atoms. The predicted molar refractivity (Wildman–Crippen MR) is 161 cm³/mol. The van der Waals surface area contributed by atoms with Crippen molar-refractivity contribution in [2.45, 2.75) is 36.5 Å². The number of likely N-dealkylation sites (N-methyl/N-ethyl adjacent to an activating group) is 1. The molecule has 2 aromatic rings. The van der Waals surface area contributed by atoms with Crippen molar-refractivity contribution >= 4 is 35.8 Å². The third-order valence-electron chi connectivity index (χ3n) is 8.16. The zero-order chi connectivity index (χ0) is 28.5. The van der Waals surface area contributed by atoms with Crippen LogP contribution in [-0.4, -0.2) is 87.6 Å². The van der Waals surface area contributed by atoms with E-state index in [1.54, 1.807) is 6.07 Å². The Balaban J connectivity index is 0.000000350. The number of nitrogens with zero attached hydrogens (tertiary/aromatic N) is 3. The van der Waals surface area contributed by atoms with Gasteiger partial charge in [0.05, 0.1) is 11.6 Å². The molecular weight excluding hydrogens is 527 g/mol. The Labute approximate surface area is 242 Å². The number of rotatable bonds is 7. The molecule has 218 valence electrons. The molecule has 0 spiro atoms. The minimum Gasteiger partial charge on any atom is -0.396 e. The van der Waals surface area contributed by atoms with Crippen molar-refractivity contribution in [2.24, 2.45) is 5.92 Å². The molecule has 3 aliphatic heterocycles. The molecule has 8 nitrogen and oxygen atoms in total. The maximum Gasteiger partial charge on any atom is 0.234 e. The van der Waals surface area contributed by atoms with Crippen molar-refractivity contribution in [2.75, 3.05) is 76.6 Å². The fourth-order valence-electron chi connectivity index (χ4n) is 5.66. The summed E-state index contributed by atoms with van der Waals surface area (Å²) in [5.41, 5.74) is 7.58. The van der Waals surface area contributed by atoms with Gasteiger partial charge in [-0.3, -0.25) is 19.8 Å². The van der Waals surface area contributed by atoms with E-state index >= 15 is 0 Å². The van der Waals surface area contributed by atoms with Crippen LogP contribution in [0.3, 0.4) is 0 Å². The smallest absolute Gasteiger partial charge is 0.234 e. The molecule has 5 rings (SSSR count). The zero-order valence-electron chi connectivity index (χ0n) is 23.4. The van der Waals surface area contributed by atoms with Gasteiger partial charge in [0.15, 0.2) is 0 Å². The highest BCUT2D eigenvalue weighted by Crippen LogP contribution is 2.27. The van der Waals surface area contributed by atoms with Gasteiger partial charge in [-0.2, -0.15) is 0 Å². The van der Waals surface area contributed by atoms with E-state index in [0.29, 0.717) is 17.7 Å². The molecule has 0 aliphatic carbocycles. The number of amides is 2. The fourth-order valence-corrected chi connectivity index (χ4v) is 5.85. The van der Waals surface area contributed by atoms with Gasteiger partial charge in [0.25, 0.3) is 0 Å². The number of nitrogens with one attached hydrogen (secondary N) is 2. The van der Waals surface area contributed by atoms with E-state index in [9.17, 15) is 14.0 Å². The van der Waals surface area contributed by atoms with E-state index in [-0.39, 0.29) is 23.4 Å². The number of halogens is 1. The summed E-state index contributed by atoms with van der Waals surface area (Å²) >= 11 is 3.91. The fraction of sp³-hybridized carbons (Fsp3) is 0.533. The number of carbonyl (C=O) groups is 2. The van der Waals surface area contributed by atoms with Gasteiger partial charge in [-0.25, -0.2) is 4.39 Å². The number of piperidine rings is 2. The Kier molecular flexibility index (Phi) is 11.2. The number of nitrogens with two attached hydrogens (primary N) is 1. The molecule has 0 aromatic heterocycles. The van der Waals surface area contributed by atoms with Crippen LogP contribution in [0.25, 0.3) is 0 Å². The highest BCUT2D eigenvalue weighted by Gasteiger charge is 2.28. The van der Waals surface area contributed by atoms with E-state index in [4.69, 9.17) is 5.73 Å². The number of thiol groups is 1. The number of carbonyl (C=O) groups excluding carboxylic acids is 2. The first-order valence-electron chi connectivity index (χ1n) is 14.3. The minimum atomic E-state index is -0.414. The molecule has 0 saturated carbocycles. The molecule has 1 atom stereocenters. The second kappa shape index (κ2) is 14.8. The largest absolute Gasteiger partial charge is 0.396 e. The highest BCUT2D eigenvalue weighted by molar-refractivity contribution is 7.80. The Morgan fingerprint density at radius 3 is 2.27 bits per heavy atom. The Morgan fingerprint density at radius 1 is 0.975 bits per heavy atom. The van der Waals surface area contributed by atoms with Crippen molar-refractivity contribution in [1.82, 2.24) is 20.4 Å². The van der Waals surface area contributed by atoms with E-state index < -0.39 is 5.82 Å². The predicted octanol–water partition coefficient (Wildman–Crippen LogP) is 2.96. The van der Waals surface area contributed by atoms with Crippen LogP contribution >= 0.6 is 12.6 Å². The van der Waals surface area contributed by atoms with E-state index in [1.165, 1.54) is 56.8 Å². The monoisotopic (exact) mass is 570 g/mol. The van der Waals surface area contributed by atoms with Crippen molar-refractivity contribution in [3.63, 3.8) is 0 Å². The van der Waals surface area contributed by atoms with Gasteiger partial charge in [-0.1, -0.05) is 12.1 Å². The summed E-state index contributed by atoms with van der Waals surface area (Å²) in [4.78, 5) is 31.7. The molecule has 10 heteroatoms. The number of likely N-dealkylation sites (tertiary alicyclic amines) is 1. The first-order chi connectivity index (χ1) is 19.3. The average Bonchev–Trinajstić information content (AvgIpc) is 2.96. The summed E-state index contributed by atoms with van der Waals surface area (Å²) in [7, 11) is 2.03. The molecule has 2 amide bonds. The van der Waals surface area contributed by atoms with Gasteiger partial charge in [-0.05, 0) is 81.2 Å². The van der Waals surface area contributed by atoms with Crippen LogP contribution in [0, 0.1) is 11.7 Å². The molecule has 0 bridgehead atoms. The summed E-state index contributed by atoms with van der Waals surface area (Å²) in [6, 6.07) is 12.8. The van der Waals surface area contributed by atoms with Crippen molar-refractivity contribution in [3.05, 3.63) is 53.8 Å². The first-order valence-corrected chi connectivity index (χ1v) is 14.8. The average molecular weight is 571 g/mol. The van der Waals surface area contributed by atoms with Crippen LogP contribution in [-0.2, 0) is 9.59 Å². The maximum absolute atomic E-state index is 12.4. The van der Waals surface area contributed by atoms with Gasteiger partial charge < -0.3 is 20.9 Å². The van der Waals surface area contributed by atoms with E-state index in [1.807, 2.05) is 7.05 Å². The second-order valence-electron chi connectivity index (χ2n) is 11.0. The lowest BCUT2D eigenvalue weighted by molar-refractivity contribution is -0.134. The van der Waals surface area contributed by atoms with Gasteiger partial charge in [0, 0.05) is 62.8 Å². The van der Waals surface area contributed by atoms with E-state index in [2.05, 4.69) is 62.2 Å². The highest BCUT2D eigenvalue weighted by atomic mass is 32.1. The van der Waals surface area contributed by atoms with Crippen LogP contribution in [0.1, 0.15) is 37.2 Å². The number of piperazine rings is 1. The summed E-state index contributed by atoms with van der Waals surface area (Å²) in [6.07, 6.45) is 3.68. The van der Waals surface area contributed by atoms with Crippen molar-refractivity contribution in [1.29, 1.82) is 0 Å². The Morgan fingerprint density at radius 2 is 1.68 bits per heavy atom. The van der Waals surface area contributed by atoms with Crippen LogP contribution in [0.5, 0.6) is 0 Å². The molecule has 3 fully saturated rings. The number of imide groups is 1. The van der Waals surface area contributed by atoms with Gasteiger partial charge in [0.2, 0.25) is 11.8 Å². The summed E-state index contributed by atoms with van der Waals surface area (Å²) in [6.45, 7) is 10.3. The summed E-state index contributed by atoms with van der Waals surface area (Å²) < 4.78 is 12.4. The lowest BCUT2D eigenvalue weighted by Crippen LogP contribution is -2.49. The molecular formula is C30H43FN6O2S. The summed E-state index contributed by atoms with van der Waals surface area (Å²) in [5.74, 6) is -0.0958. The molecule has 2 aromatic carbocycles. The second-order valence-corrected chi connectivity index (χ2v) is 11.5. The lowest BCUT2D eigenvalue weighted by atomic mass is 9.90. The van der Waals surface area contributed by atoms with Crippen LogP contribution in [0.4, 0.5) is 15.8 Å². The third-order valence-corrected chi connectivity index (χ3v) is 8.44. The zero-order valence-corrected chi connectivity index (χ0v) is 24.3. The molecule has 3 heterocycles. The number of anilines is 2. The van der Waals surface area contributed by atoms with Gasteiger partial charge in [-0.15, -0.1) is 12.6 Å². The number of nitrogen functional groups attached to an aromatic ring is 1. The minimum absolute atomic E-state index is 0.157. The van der Waals surface area contributed by atoms with Crippen LogP contribution < -0.4 is 21.3 Å². The number of hydrogen-bond donors (Lipinski definition) is 4. The SMILES string of the molecule is CNCCN1CCC(CN2CCN(c3ccc(C4CCC(=O)NC4=O)cc3)CC2)CC1.Nc1ccc(S)cc1F. The Hall–Kier alpha value is -2.66. The third kappa shape index (κ3) is 8.67. The molecule has 4 N–H and O–H groups in total. The first kappa shape index (κ1) is 30.3. The number of benzene rings is 2. The van der Waals surface area contributed by atoms with Crippen molar-refractivity contribution < 1.29 is 14.0 Å². The lowest BCUT2D eigenvalue weighted by Gasteiger charge is -2.39. The van der Waals surface area contributed by atoms with Crippen molar-refractivity contribution in [3.8, 4) is 0 Å². The number of hydrogen-bond acceptors (Lipinski definition) is 8. The molecule has 0 radical (unpaired) electrons. The summed E-state index contributed by atoms with van der Waals surface area (Å²) in [5, 5.41) is 5.70. The van der Waals surface area contributed by atoms with Crippen LogP contribution in [0.15, 0.2) is 47.4 Å². The standard InChI is InChI=1S/C24H37N5O2.C6H6FNS/c1-25-10-13-27-11-8-19(9-12-27)18-28-14-16-29(17-15-28)21-4-2-20(3-5-21)22-6-7-23(30)26-24(22)31;7-5-3-4(9)1-2-6(5)8/h2-5,19,22,25H,6-18H2,1H3,(H,26,30,31);1-3,9H,8H2. The quantitative estimate of drug-likeness (QED) is 0.231. The van der Waals surface area contributed by atoms with Gasteiger partial charge >= 0.3 is 0 Å². The molecule has 3 aliphatic rings. The van der Waals surface area contributed by atoms with Gasteiger partial charge in [0.1, 0.15) is 5.82 Å². The molecule has 3 saturated heterocycles. The Bertz CT molecular complexity index is 1120. The molecule has 1 unspecified atom stereocenters. The van der Waals surface area contributed by atoms with Crippen LogP contribution in [0.2, 0.25) is 0 Å². The normalized spacial score (nSPS) is 21.1.